The van der Waals surface area contributed by atoms with E-state index >= 15 is 0 Å². The Balaban J connectivity index is 1.78. The lowest BCUT2D eigenvalue weighted by Gasteiger charge is -2.31. The number of ketones is 1. The van der Waals surface area contributed by atoms with E-state index in [2.05, 4.69) is 0 Å². The predicted molar refractivity (Wildman–Crippen MR) is 98.4 cm³/mol. The fourth-order valence-corrected chi connectivity index (χ4v) is 3.01. The molecule has 2 atom stereocenters. The summed E-state index contributed by atoms with van der Waals surface area (Å²) in [5, 5.41) is 0. The van der Waals surface area contributed by atoms with E-state index in [4.69, 9.17) is 18.9 Å². The average Bonchev–Trinajstić information content (AvgIpc) is 2.69. The number of hydrogen-bond donors (Lipinski definition) is 0. The van der Waals surface area contributed by atoms with Gasteiger partial charge in [-0.25, -0.2) is 4.79 Å². The highest BCUT2D eigenvalue weighted by Gasteiger charge is 2.35. The monoisotopic (exact) mass is 370 g/mol. The van der Waals surface area contributed by atoms with Gasteiger partial charge in [0.25, 0.3) is 0 Å². The van der Waals surface area contributed by atoms with E-state index in [1.165, 1.54) is 0 Å². The third-order valence-electron chi connectivity index (χ3n) is 4.44. The maximum absolute atomic E-state index is 12.9. The molecule has 142 valence electrons. The minimum absolute atomic E-state index is 0.0290. The first-order chi connectivity index (χ1) is 13.0. The van der Waals surface area contributed by atoms with Gasteiger partial charge < -0.3 is 18.9 Å². The quantitative estimate of drug-likeness (QED) is 0.724. The van der Waals surface area contributed by atoms with Crippen molar-refractivity contribution in [3.63, 3.8) is 0 Å². The molecule has 0 fully saturated rings. The van der Waals surface area contributed by atoms with E-state index in [9.17, 15) is 9.59 Å². The highest BCUT2D eigenvalue weighted by atomic mass is 16.6. The van der Waals surface area contributed by atoms with E-state index in [1.807, 2.05) is 31.2 Å². The molecule has 2 aromatic carbocycles. The standard InChI is InChI=1S/C21H22O6/c1-4-25-19(22)12-26-16-9-10-18-17(11-16)20(23)13(2)21(27-18)14-5-7-15(24-3)8-6-14/h5-11,13,21H,4,12H2,1-3H3. The molecule has 0 N–H and O–H groups in total. The van der Waals surface area contributed by atoms with Crippen molar-refractivity contribution in [1.82, 2.24) is 0 Å². The minimum atomic E-state index is -0.453. The lowest BCUT2D eigenvalue weighted by molar-refractivity contribution is -0.145. The van der Waals surface area contributed by atoms with E-state index in [1.54, 1.807) is 32.2 Å². The zero-order valence-corrected chi connectivity index (χ0v) is 15.6. The maximum Gasteiger partial charge on any atom is 0.344 e. The third kappa shape index (κ3) is 4.05. The Morgan fingerprint density at radius 3 is 2.48 bits per heavy atom. The molecule has 0 aliphatic carbocycles. The van der Waals surface area contributed by atoms with Crippen LogP contribution in [-0.2, 0) is 9.53 Å². The lowest BCUT2D eigenvalue weighted by Crippen LogP contribution is -2.29. The molecule has 0 aromatic heterocycles. The van der Waals surface area contributed by atoms with Crippen molar-refractivity contribution in [3.05, 3.63) is 53.6 Å². The van der Waals surface area contributed by atoms with Crippen LogP contribution in [0.3, 0.4) is 0 Å². The lowest BCUT2D eigenvalue weighted by atomic mass is 9.87. The van der Waals surface area contributed by atoms with Crippen LogP contribution in [0.1, 0.15) is 35.9 Å². The normalized spacial score (nSPS) is 18.3. The van der Waals surface area contributed by atoms with E-state index in [-0.39, 0.29) is 24.4 Å². The summed E-state index contributed by atoms with van der Waals surface area (Å²) in [4.78, 5) is 24.3. The number of carbonyl (C=O) groups is 2. The summed E-state index contributed by atoms with van der Waals surface area (Å²) in [6, 6.07) is 12.5. The number of hydrogen-bond acceptors (Lipinski definition) is 6. The van der Waals surface area contributed by atoms with Gasteiger partial charge in [0.2, 0.25) is 0 Å². The zero-order valence-electron chi connectivity index (χ0n) is 15.6. The summed E-state index contributed by atoms with van der Waals surface area (Å²) in [7, 11) is 1.61. The molecule has 0 spiro atoms. The van der Waals surface area contributed by atoms with Gasteiger partial charge in [-0.15, -0.1) is 0 Å². The van der Waals surface area contributed by atoms with Crippen molar-refractivity contribution >= 4 is 11.8 Å². The fourth-order valence-electron chi connectivity index (χ4n) is 3.01. The van der Waals surface area contributed by atoms with Crippen molar-refractivity contribution in [1.29, 1.82) is 0 Å². The predicted octanol–water partition coefficient (Wildman–Crippen LogP) is 3.59. The first kappa shape index (κ1) is 18.8. The van der Waals surface area contributed by atoms with Crippen LogP contribution in [0.2, 0.25) is 0 Å². The molecule has 1 aliphatic rings. The van der Waals surface area contributed by atoms with Crippen LogP contribution < -0.4 is 14.2 Å². The van der Waals surface area contributed by atoms with Gasteiger partial charge in [-0.3, -0.25) is 4.79 Å². The number of carbonyl (C=O) groups excluding carboxylic acids is 2. The first-order valence-corrected chi connectivity index (χ1v) is 8.80. The molecular weight excluding hydrogens is 348 g/mol. The molecule has 0 amide bonds. The maximum atomic E-state index is 12.9. The summed E-state index contributed by atoms with van der Waals surface area (Å²) in [6.07, 6.45) is -0.373. The van der Waals surface area contributed by atoms with Crippen molar-refractivity contribution in [3.8, 4) is 17.2 Å². The van der Waals surface area contributed by atoms with Crippen molar-refractivity contribution in [2.45, 2.75) is 20.0 Å². The SMILES string of the molecule is CCOC(=O)COc1ccc2c(c1)C(=O)C(C)C(c1ccc(OC)cc1)O2. The Hall–Kier alpha value is -3.02. The third-order valence-corrected chi connectivity index (χ3v) is 4.44. The van der Waals surface area contributed by atoms with E-state index in [0.29, 0.717) is 23.7 Å². The number of benzene rings is 2. The van der Waals surface area contributed by atoms with Crippen LogP contribution in [0.5, 0.6) is 17.2 Å². The fraction of sp³-hybridized carbons (Fsp3) is 0.333. The van der Waals surface area contributed by atoms with Crippen LogP contribution in [0, 0.1) is 5.92 Å². The molecule has 0 radical (unpaired) electrons. The van der Waals surface area contributed by atoms with Crippen molar-refractivity contribution in [2.75, 3.05) is 20.3 Å². The van der Waals surface area contributed by atoms with Gasteiger partial charge >= 0.3 is 5.97 Å². The highest BCUT2D eigenvalue weighted by molar-refractivity contribution is 6.01. The summed E-state index contributed by atoms with van der Waals surface area (Å²) in [6.45, 7) is 3.66. The molecule has 0 saturated heterocycles. The minimum Gasteiger partial charge on any atom is -0.497 e. The Bertz CT molecular complexity index is 827. The molecule has 2 unspecified atom stereocenters. The average molecular weight is 370 g/mol. The number of esters is 1. The molecule has 2 aromatic rings. The number of fused-ring (bicyclic) bond motifs is 1. The molecule has 0 saturated carbocycles. The van der Waals surface area contributed by atoms with E-state index < -0.39 is 5.97 Å². The zero-order chi connectivity index (χ0) is 19.4. The van der Waals surface area contributed by atoms with Gasteiger partial charge in [0.05, 0.1) is 25.2 Å². The molecule has 6 heteroatoms. The Morgan fingerprint density at radius 1 is 1.11 bits per heavy atom. The number of methoxy groups -OCH3 is 1. The van der Waals surface area contributed by atoms with Crippen LogP contribution in [0.4, 0.5) is 0 Å². The molecule has 6 nitrogen and oxygen atoms in total. The summed E-state index contributed by atoms with van der Waals surface area (Å²) in [5.74, 6) is 0.837. The summed E-state index contributed by atoms with van der Waals surface area (Å²) in [5.41, 5.74) is 1.36. The summed E-state index contributed by atoms with van der Waals surface area (Å²) >= 11 is 0. The van der Waals surface area contributed by atoms with Crippen molar-refractivity contribution in [2.24, 2.45) is 5.92 Å². The second-order valence-corrected chi connectivity index (χ2v) is 6.22. The summed E-state index contributed by atoms with van der Waals surface area (Å²) < 4.78 is 21.5. The molecular formula is C21H22O6. The second kappa shape index (κ2) is 8.12. The Kier molecular flexibility index (Phi) is 5.64. The van der Waals surface area contributed by atoms with Gasteiger partial charge in [-0.2, -0.15) is 0 Å². The van der Waals surface area contributed by atoms with Gasteiger partial charge in [0, 0.05) is 0 Å². The van der Waals surface area contributed by atoms with Crippen molar-refractivity contribution < 1.29 is 28.5 Å². The second-order valence-electron chi connectivity index (χ2n) is 6.22. The van der Waals surface area contributed by atoms with Crippen LogP contribution >= 0.6 is 0 Å². The highest BCUT2D eigenvalue weighted by Crippen LogP contribution is 2.40. The molecule has 27 heavy (non-hydrogen) atoms. The Labute approximate surface area is 158 Å². The van der Waals surface area contributed by atoms with Crippen LogP contribution in [0.25, 0.3) is 0 Å². The van der Waals surface area contributed by atoms with Crippen LogP contribution in [0.15, 0.2) is 42.5 Å². The topological polar surface area (TPSA) is 71.1 Å². The smallest absolute Gasteiger partial charge is 0.344 e. The van der Waals surface area contributed by atoms with Gasteiger partial charge in [0.15, 0.2) is 12.4 Å². The molecule has 3 rings (SSSR count). The van der Waals surface area contributed by atoms with Gasteiger partial charge in [-0.05, 0) is 42.8 Å². The van der Waals surface area contributed by atoms with Gasteiger partial charge in [-0.1, -0.05) is 19.1 Å². The molecule has 1 heterocycles. The van der Waals surface area contributed by atoms with Crippen LogP contribution in [-0.4, -0.2) is 32.1 Å². The largest absolute Gasteiger partial charge is 0.497 e. The van der Waals surface area contributed by atoms with Gasteiger partial charge in [0.1, 0.15) is 23.4 Å². The number of ether oxygens (including phenoxy) is 4. The number of rotatable bonds is 6. The molecule has 0 bridgehead atoms. The Morgan fingerprint density at radius 2 is 1.81 bits per heavy atom. The number of Topliss-reactive ketones (excluding diaryl/α,β-unsaturated/α-hetero) is 1. The molecule has 1 aliphatic heterocycles. The first-order valence-electron chi connectivity index (χ1n) is 8.80. The van der Waals surface area contributed by atoms with E-state index in [0.717, 1.165) is 11.3 Å².